The molecule has 4 aromatic rings. The van der Waals surface area contributed by atoms with Crippen LogP contribution in [0.3, 0.4) is 0 Å². The van der Waals surface area contributed by atoms with Gasteiger partial charge in [-0.05, 0) is 35.2 Å². The molecule has 5 rings (SSSR count). The Labute approximate surface area is 205 Å². The van der Waals surface area contributed by atoms with Gasteiger partial charge in [-0.15, -0.1) is 11.6 Å². The third kappa shape index (κ3) is 3.61. The third-order valence-corrected chi connectivity index (χ3v) is 6.82. The number of carbonyl (C=O) groups excluding carboxylic acids is 2. The number of amides is 1. The van der Waals surface area contributed by atoms with Gasteiger partial charge in [-0.2, -0.15) is 0 Å². The molecule has 1 unspecified atom stereocenters. The Morgan fingerprint density at radius 1 is 1.06 bits per heavy atom. The maximum Gasteiger partial charge on any atom is 0.337 e. The molecule has 0 saturated carbocycles. The number of benzene rings is 3. The number of hydrogen-bond donors (Lipinski definition) is 2. The monoisotopic (exact) mass is 494 g/mol. The smallest absolute Gasteiger partial charge is 0.337 e. The van der Waals surface area contributed by atoms with Gasteiger partial charge in [0.15, 0.2) is 11.5 Å². The molecule has 3 aromatic carbocycles. The standard InChI is InChI=1S/C26H23ClN2O6/c1-33-22-8-14-7-19(28-18(14)9-23(22)34-2)25(31)29-12-15(11-27)24-16-5-4-13(26(32)35-3)6-17(16)21(30)10-20(24)29/h4-10,15,28,30H,11-12H2,1-3H3. The van der Waals surface area contributed by atoms with Gasteiger partial charge in [-0.25, -0.2) is 4.79 Å². The Morgan fingerprint density at radius 3 is 2.49 bits per heavy atom. The molecule has 0 aliphatic carbocycles. The second kappa shape index (κ2) is 8.70. The molecule has 8 nitrogen and oxygen atoms in total. The number of esters is 1. The lowest BCUT2D eigenvalue weighted by atomic mass is 9.94. The number of nitrogens with one attached hydrogen (secondary N) is 1. The molecule has 9 heteroatoms. The second-order valence-corrected chi connectivity index (χ2v) is 8.63. The van der Waals surface area contributed by atoms with E-state index >= 15 is 0 Å². The van der Waals surface area contributed by atoms with Crippen molar-refractivity contribution in [2.45, 2.75) is 5.92 Å². The summed E-state index contributed by atoms with van der Waals surface area (Å²) in [5, 5.41) is 12.9. The van der Waals surface area contributed by atoms with Crippen molar-refractivity contribution < 1.29 is 28.9 Å². The van der Waals surface area contributed by atoms with Crippen LogP contribution in [0.2, 0.25) is 0 Å². The topological polar surface area (TPSA) is 101 Å². The molecule has 1 amide bonds. The van der Waals surface area contributed by atoms with Crippen molar-refractivity contribution in [2.24, 2.45) is 0 Å². The number of ether oxygens (including phenoxy) is 3. The molecule has 0 spiro atoms. The predicted octanol–water partition coefficient (Wildman–Crippen LogP) is 4.81. The highest BCUT2D eigenvalue weighted by atomic mass is 35.5. The van der Waals surface area contributed by atoms with Gasteiger partial charge >= 0.3 is 5.97 Å². The van der Waals surface area contributed by atoms with Gasteiger partial charge in [-0.1, -0.05) is 6.07 Å². The van der Waals surface area contributed by atoms with E-state index in [4.69, 9.17) is 25.8 Å². The normalized spacial score (nSPS) is 14.9. The summed E-state index contributed by atoms with van der Waals surface area (Å²) in [5.74, 6) is 0.474. The fraction of sp³-hybridized carbons (Fsp3) is 0.231. The molecule has 0 bridgehead atoms. The molecule has 0 saturated heterocycles. The molecule has 1 aliphatic heterocycles. The Hall–Kier alpha value is -3.91. The number of rotatable bonds is 5. The van der Waals surface area contributed by atoms with Gasteiger partial charge in [0.2, 0.25) is 0 Å². The van der Waals surface area contributed by atoms with Gasteiger partial charge in [0.05, 0.1) is 32.6 Å². The number of anilines is 1. The first-order valence-electron chi connectivity index (χ1n) is 10.9. The van der Waals surface area contributed by atoms with Crippen LogP contribution >= 0.6 is 11.6 Å². The lowest BCUT2D eigenvalue weighted by Crippen LogP contribution is -2.30. The summed E-state index contributed by atoms with van der Waals surface area (Å²) in [4.78, 5) is 30.4. The van der Waals surface area contributed by atoms with Gasteiger partial charge < -0.3 is 29.2 Å². The number of phenolic OH excluding ortho intramolecular Hbond substituents is 1. The molecule has 2 heterocycles. The van der Waals surface area contributed by atoms with E-state index in [1.807, 2.05) is 0 Å². The highest BCUT2D eigenvalue weighted by molar-refractivity contribution is 6.19. The molecule has 180 valence electrons. The third-order valence-electron chi connectivity index (χ3n) is 6.44. The van der Waals surface area contributed by atoms with E-state index in [1.54, 1.807) is 61.6 Å². The Morgan fingerprint density at radius 2 is 1.80 bits per heavy atom. The highest BCUT2D eigenvalue weighted by Crippen LogP contribution is 2.46. The number of aromatic hydroxyl groups is 1. The van der Waals surface area contributed by atoms with Crippen molar-refractivity contribution >= 4 is 50.8 Å². The minimum atomic E-state index is -0.496. The fourth-order valence-corrected chi connectivity index (χ4v) is 5.01. The van der Waals surface area contributed by atoms with Crippen molar-refractivity contribution in [3.05, 3.63) is 59.3 Å². The quantitative estimate of drug-likeness (QED) is 0.305. The van der Waals surface area contributed by atoms with Crippen LogP contribution in [0.4, 0.5) is 5.69 Å². The van der Waals surface area contributed by atoms with E-state index in [1.165, 1.54) is 7.11 Å². The van der Waals surface area contributed by atoms with Crippen LogP contribution in [0, 0.1) is 0 Å². The maximum atomic E-state index is 13.6. The average molecular weight is 495 g/mol. The largest absolute Gasteiger partial charge is 0.507 e. The lowest BCUT2D eigenvalue weighted by Gasteiger charge is -2.17. The number of methoxy groups -OCH3 is 3. The number of H-pyrrole nitrogens is 1. The first-order valence-corrected chi connectivity index (χ1v) is 11.4. The van der Waals surface area contributed by atoms with Crippen LogP contribution < -0.4 is 14.4 Å². The number of nitrogens with zero attached hydrogens (tertiary/aromatic N) is 1. The zero-order valence-corrected chi connectivity index (χ0v) is 20.1. The summed E-state index contributed by atoms with van der Waals surface area (Å²) in [6, 6.07) is 11.9. The van der Waals surface area contributed by atoms with Crippen molar-refractivity contribution in [1.82, 2.24) is 4.98 Å². The number of alkyl halides is 1. The molecule has 35 heavy (non-hydrogen) atoms. The first kappa shape index (κ1) is 22.9. The summed E-state index contributed by atoms with van der Waals surface area (Å²) < 4.78 is 15.5. The Balaban J connectivity index is 1.60. The van der Waals surface area contributed by atoms with E-state index < -0.39 is 5.97 Å². The number of aromatic amines is 1. The van der Waals surface area contributed by atoms with Crippen molar-refractivity contribution in [1.29, 1.82) is 0 Å². The number of halogens is 1. The van der Waals surface area contributed by atoms with Crippen LogP contribution in [-0.4, -0.2) is 55.7 Å². The summed E-state index contributed by atoms with van der Waals surface area (Å²) in [6.45, 7) is 0.358. The predicted molar refractivity (Wildman–Crippen MR) is 133 cm³/mol. The van der Waals surface area contributed by atoms with E-state index in [0.717, 1.165) is 21.9 Å². The van der Waals surface area contributed by atoms with Crippen LogP contribution in [0.15, 0.2) is 42.5 Å². The molecule has 1 aromatic heterocycles. The highest BCUT2D eigenvalue weighted by Gasteiger charge is 2.35. The molecular formula is C26H23ClN2O6. The van der Waals surface area contributed by atoms with Crippen molar-refractivity contribution in [3.8, 4) is 17.2 Å². The number of hydrogen-bond acceptors (Lipinski definition) is 6. The Bertz CT molecular complexity index is 1450. The van der Waals surface area contributed by atoms with Gasteiger partial charge in [0, 0.05) is 46.8 Å². The summed E-state index contributed by atoms with van der Waals surface area (Å²) in [7, 11) is 4.41. The van der Waals surface area contributed by atoms with E-state index in [2.05, 4.69) is 4.98 Å². The number of aromatic nitrogens is 1. The molecule has 1 aliphatic rings. The minimum Gasteiger partial charge on any atom is -0.507 e. The van der Waals surface area contributed by atoms with Crippen molar-refractivity contribution in [3.63, 3.8) is 0 Å². The summed E-state index contributed by atoms with van der Waals surface area (Å²) >= 11 is 6.32. The van der Waals surface area contributed by atoms with Gasteiger partial charge in [-0.3, -0.25) is 4.79 Å². The number of phenols is 1. The minimum absolute atomic E-state index is 0.0383. The van der Waals surface area contributed by atoms with Gasteiger partial charge in [0.1, 0.15) is 11.4 Å². The zero-order chi connectivity index (χ0) is 24.9. The van der Waals surface area contributed by atoms with Gasteiger partial charge in [0.25, 0.3) is 5.91 Å². The van der Waals surface area contributed by atoms with Crippen LogP contribution in [0.5, 0.6) is 17.2 Å². The lowest BCUT2D eigenvalue weighted by molar-refractivity contribution is 0.0600. The average Bonchev–Trinajstić information content (AvgIpc) is 3.47. The molecule has 2 N–H and O–H groups in total. The molecular weight excluding hydrogens is 472 g/mol. The van der Waals surface area contributed by atoms with E-state index in [-0.39, 0.29) is 23.5 Å². The summed E-state index contributed by atoms with van der Waals surface area (Å²) in [6.07, 6.45) is 0. The SMILES string of the molecule is COC(=O)c1ccc2c3c(cc(O)c2c1)N(C(=O)c1cc2cc(OC)c(OC)cc2[nH]1)CC3CCl. The maximum absolute atomic E-state index is 13.6. The Kier molecular flexibility index (Phi) is 5.68. The zero-order valence-electron chi connectivity index (χ0n) is 19.3. The molecule has 0 radical (unpaired) electrons. The first-order chi connectivity index (χ1) is 16.9. The van der Waals surface area contributed by atoms with Crippen LogP contribution in [-0.2, 0) is 4.74 Å². The molecule has 0 fully saturated rings. The number of fused-ring (bicyclic) bond motifs is 4. The molecule has 1 atom stereocenters. The fourth-order valence-electron chi connectivity index (χ4n) is 4.76. The number of carbonyl (C=O) groups is 2. The van der Waals surface area contributed by atoms with Crippen molar-refractivity contribution in [2.75, 3.05) is 38.7 Å². The van der Waals surface area contributed by atoms with E-state index in [0.29, 0.717) is 40.4 Å². The van der Waals surface area contributed by atoms with Crippen LogP contribution in [0.1, 0.15) is 32.3 Å². The van der Waals surface area contributed by atoms with Crippen LogP contribution in [0.25, 0.3) is 21.7 Å². The summed E-state index contributed by atoms with van der Waals surface area (Å²) in [5.41, 5.74) is 2.89. The second-order valence-electron chi connectivity index (χ2n) is 8.32. The van der Waals surface area contributed by atoms with E-state index in [9.17, 15) is 14.7 Å².